The lowest BCUT2D eigenvalue weighted by Gasteiger charge is -2.22. The van der Waals surface area contributed by atoms with Gasteiger partial charge in [-0.3, -0.25) is 9.59 Å². The third kappa shape index (κ3) is 4.44. The topological polar surface area (TPSA) is 52.7 Å². The second-order valence-corrected chi connectivity index (χ2v) is 7.55. The van der Waals surface area contributed by atoms with Gasteiger partial charge in [0, 0.05) is 43.1 Å². The fourth-order valence-electron chi connectivity index (χ4n) is 4.00. The summed E-state index contributed by atoms with van der Waals surface area (Å²) in [7, 11) is 0. The molecule has 2 aromatic rings. The average Bonchev–Trinajstić information content (AvgIpc) is 3.12. The largest absolute Gasteiger partial charge is 0.372 e. The third-order valence-electron chi connectivity index (χ3n) is 5.76. The van der Waals surface area contributed by atoms with Crippen LogP contribution in [-0.4, -0.2) is 31.4 Å². The lowest BCUT2D eigenvalue weighted by atomic mass is 10.1. The van der Waals surface area contributed by atoms with Crippen molar-refractivity contribution in [3.8, 4) is 0 Å². The van der Waals surface area contributed by atoms with E-state index in [1.807, 2.05) is 43.3 Å². The summed E-state index contributed by atoms with van der Waals surface area (Å²) in [6.45, 7) is 10.7. The van der Waals surface area contributed by atoms with Gasteiger partial charge in [0.25, 0.3) is 0 Å². The molecule has 154 valence electrons. The number of hydrogen-bond acceptors (Lipinski definition) is 3. The van der Waals surface area contributed by atoms with Gasteiger partial charge < -0.3 is 15.1 Å². The fraction of sp³-hybridized carbons (Fsp3) is 0.417. The quantitative estimate of drug-likeness (QED) is 0.759. The van der Waals surface area contributed by atoms with Crippen molar-refractivity contribution in [3.63, 3.8) is 0 Å². The van der Waals surface area contributed by atoms with Crippen molar-refractivity contribution in [2.75, 3.05) is 34.8 Å². The number of carbonyl (C=O) groups is 2. The summed E-state index contributed by atoms with van der Waals surface area (Å²) in [5.74, 6) is -0.414. The molecule has 29 heavy (non-hydrogen) atoms. The number of anilines is 3. The van der Waals surface area contributed by atoms with Crippen molar-refractivity contribution in [2.24, 2.45) is 5.92 Å². The monoisotopic (exact) mass is 393 g/mol. The van der Waals surface area contributed by atoms with Crippen LogP contribution in [0.5, 0.6) is 0 Å². The maximum atomic E-state index is 12.9. The highest BCUT2D eigenvalue weighted by molar-refractivity contribution is 6.04. The Kier molecular flexibility index (Phi) is 6.57. The van der Waals surface area contributed by atoms with E-state index in [0.29, 0.717) is 6.54 Å². The number of nitrogens with zero attached hydrogens (tertiary/aromatic N) is 2. The molecule has 1 N–H and O–H groups in total. The Morgan fingerprint density at radius 1 is 1.14 bits per heavy atom. The predicted octanol–water partition coefficient (Wildman–Crippen LogP) is 4.40. The number of rotatable bonds is 7. The average molecular weight is 394 g/mol. The van der Waals surface area contributed by atoms with Gasteiger partial charge in [-0.2, -0.15) is 0 Å². The first-order valence-electron chi connectivity index (χ1n) is 10.5. The molecule has 1 aliphatic heterocycles. The van der Waals surface area contributed by atoms with E-state index in [4.69, 9.17) is 0 Å². The summed E-state index contributed by atoms with van der Waals surface area (Å²) < 4.78 is 0. The fourth-order valence-corrected chi connectivity index (χ4v) is 4.00. The Morgan fingerprint density at radius 2 is 1.86 bits per heavy atom. The highest BCUT2D eigenvalue weighted by Crippen LogP contribution is 2.30. The van der Waals surface area contributed by atoms with Gasteiger partial charge in [-0.05, 0) is 62.6 Å². The molecule has 2 amide bonds. The molecule has 1 aliphatic rings. The van der Waals surface area contributed by atoms with Crippen LogP contribution in [0.2, 0.25) is 0 Å². The number of carbonyl (C=O) groups excluding carboxylic acids is 2. The molecule has 0 saturated carbocycles. The first kappa shape index (κ1) is 20.9. The van der Waals surface area contributed by atoms with Gasteiger partial charge in [0.15, 0.2) is 0 Å². The van der Waals surface area contributed by atoms with Crippen molar-refractivity contribution < 1.29 is 9.59 Å². The molecule has 0 bridgehead atoms. The van der Waals surface area contributed by atoms with E-state index in [1.54, 1.807) is 4.90 Å². The third-order valence-corrected chi connectivity index (χ3v) is 5.76. The highest BCUT2D eigenvalue weighted by Gasteiger charge is 2.35. The molecular formula is C24H31N3O2. The second-order valence-electron chi connectivity index (χ2n) is 7.55. The van der Waals surface area contributed by atoms with Crippen molar-refractivity contribution in [1.29, 1.82) is 0 Å². The van der Waals surface area contributed by atoms with Crippen LogP contribution >= 0.6 is 0 Å². The summed E-state index contributed by atoms with van der Waals surface area (Å²) in [6.07, 6.45) is 1.11. The van der Waals surface area contributed by atoms with Crippen LogP contribution in [0, 0.1) is 12.8 Å². The van der Waals surface area contributed by atoms with E-state index in [9.17, 15) is 9.59 Å². The molecule has 3 rings (SSSR count). The molecule has 0 spiro atoms. The molecule has 1 unspecified atom stereocenters. The van der Waals surface area contributed by atoms with Crippen molar-refractivity contribution in [2.45, 2.75) is 40.5 Å². The van der Waals surface area contributed by atoms with Crippen molar-refractivity contribution in [1.82, 2.24) is 0 Å². The van der Waals surface area contributed by atoms with Crippen LogP contribution in [-0.2, 0) is 16.0 Å². The minimum absolute atomic E-state index is 0.0136. The summed E-state index contributed by atoms with van der Waals surface area (Å²) in [6, 6.07) is 14.0. The van der Waals surface area contributed by atoms with Crippen LogP contribution in [0.4, 0.5) is 17.1 Å². The Hall–Kier alpha value is -2.82. The summed E-state index contributed by atoms with van der Waals surface area (Å²) in [5.41, 5.74) is 5.05. The van der Waals surface area contributed by atoms with Gasteiger partial charge in [-0.15, -0.1) is 0 Å². The first-order valence-corrected chi connectivity index (χ1v) is 10.5. The Labute approximate surface area is 173 Å². The van der Waals surface area contributed by atoms with Gasteiger partial charge in [-0.1, -0.05) is 25.1 Å². The van der Waals surface area contributed by atoms with E-state index in [2.05, 4.69) is 37.1 Å². The van der Waals surface area contributed by atoms with E-state index in [-0.39, 0.29) is 24.2 Å². The molecular weight excluding hydrogens is 362 g/mol. The minimum atomic E-state index is -0.339. The number of benzene rings is 2. The summed E-state index contributed by atoms with van der Waals surface area (Å²) in [4.78, 5) is 29.5. The Bertz CT molecular complexity index is 889. The number of aryl methyl sites for hydroxylation is 2. The zero-order valence-corrected chi connectivity index (χ0v) is 17.9. The van der Waals surface area contributed by atoms with Gasteiger partial charge in [-0.25, -0.2) is 0 Å². The van der Waals surface area contributed by atoms with Crippen LogP contribution < -0.4 is 15.1 Å². The van der Waals surface area contributed by atoms with Gasteiger partial charge in [0.2, 0.25) is 11.8 Å². The van der Waals surface area contributed by atoms with Crippen LogP contribution in [0.15, 0.2) is 42.5 Å². The maximum absolute atomic E-state index is 12.9. The normalized spacial score (nSPS) is 16.2. The zero-order valence-electron chi connectivity index (χ0n) is 17.9. The molecule has 1 atom stereocenters. The number of hydrogen-bond donors (Lipinski definition) is 1. The van der Waals surface area contributed by atoms with Gasteiger partial charge >= 0.3 is 0 Å². The zero-order chi connectivity index (χ0) is 21.0. The standard InChI is InChI=1S/C24H31N3O2/c1-5-18-10-8-9-11-22(18)27-16-19(15-23(27)28)24(29)25-21-13-12-20(14-17(21)4)26(6-2)7-3/h8-14,19H,5-7,15-16H2,1-4H3,(H,25,29). The van der Waals surface area contributed by atoms with Gasteiger partial charge in [0.05, 0.1) is 5.92 Å². The summed E-state index contributed by atoms with van der Waals surface area (Å²) >= 11 is 0. The molecule has 1 fully saturated rings. The van der Waals surface area contributed by atoms with Crippen molar-refractivity contribution in [3.05, 3.63) is 53.6 Å². The number of para-hydroxylation sites is 1. The van der Waals surface area contributed by atoms with E-state index in [0.717, 1.165) is 47.7 Å². The van der Waals surface area contributed by atoms with E-state index < -0.39 is 0 Å². The lowest BCUT2D eigenvalue weighted by Crippen LogP contribution is -2.29. The molecule has 5 heteroatoms. The van der Waals surface area contributed by atoms with Crippen LogP contribution in [0.3, 0.4) is 0 Å². The molecule has 0 radical (unpaired) electrons. The molecule has 2 aromatic carbocycles. The van der Waals surface area contributed by atoms with E-state index in [1.165, 1.54) is 0 Å². The van der Waals surface area contributed by atoms with Crippen LogP contribution in [0.25, 0.3) is 0 Å². The molecule has 1 saturated heterocycles. The molecule has 0 aliphatic carbocycles. The lowest BCUT2D eigenvalue weighted by molar-refractivity contribution is -0.122. The van der Waals surface area contributed by atoms with E-state index >= 15 is 0 Å². The molecule has 0 aromatic heterocycles. The molecule has 1 heterocycles. The Morgan fingerprint density at radius 3 is 2.52 bits per heavy atom. The van der Waals surface area contributed by atoms with Crippen molar-refractivity contribution >= 4 is 28.9 Å². The number of amides is 2. The van der Waals surface area contributed by atoms with Crippen LogP contribution in [0.1, 0.15) is 38.3 Å². The SMILES string of the molecule is CCc1ccccc1N1CC(C(=O)Nc2ccc(N(CC)CC)cc2C)CC1=O. The minimum Gasteiger partial charge on any atom is -0.372 e. The maximum Gasteiger partial charge on any atom is 0.229 e. The number of nitrogens with one attached hydrogen (secondary N) is 1. The second kappa shape index (κ2) is 9.12. The first-order chi connectivity index (χ1) is 14.0. The summed E-state index contributed by atoms with van der Waals surface area (Å²) in [5, 5.41) is 3.04. The van der Waals surface area contributed by atoms with Gasteiger partial charge in [0.1, 0.15) is 0 Å². The highest BCUT2D eigenvalue weighted by atomic mass is 16.2. The molecule has 5 nitrogen and oxygen atoms in total. The Balaban J connectivity index is 1.71. The smallest absolute Gasteiger partial charge is 0.229 e. The predicted molar refractivity (Wildman–Crippen MR) is 120 cm³/mol.